The minimum atomic E-state index is 0.0142. The molecule has 0 saturated heterocycles. The molecule has 0 bridgehead atoms. The second kappa shape index (κ2) is 6.97. The molecule has 0 unspecified atom stereocenters. The molecule has 4 aliphatic carbocycles. The number of carbonyl (C=O) groups is 1. The molecule has 4 fully saturated rings. The summed E-state index contributed by atoms with van der Waals surface area (Å²) in [7, 11) is 0. The van der Waals surface area contributed by atoms with E-state index in [1.807, 2.05) is 0 Å². The monoisotopic (exact) mass is 380 g/mol. The van der Waals surface area contributed by atoms with Crippen molar-refractivity contribution in [3.8, 4) is 0 Å². The highest BCUT2D eigenvalue weighted by Crippen LogP contribution is 2.65. The quantitative estimate of drug-likeness (QED) is 0.625. The summed E-state index contributed by atoms with van der Waals surface area (Å²) in [5.74, 6) is 3.69. The van der Waals surface area contributed by atoms with Crippen molar-refractivity contribution in [2.75, 3.05) is 0 Å². The van der Waals surface area contributed by atoms with Crippen LogP contribution in [0.3, 0.4) is 0 Å². The van der Waals surface area contributed by atoms with Gasteiger partial charge in [-0.3, -0.25) is 4.79 Å². The second-order valence-corrected chi connectivity index (χ2v) is 10.8. The average Bonchev–Trinajstić information content (AvgIpc) is 3.02. The topological polar surface area (TPSA) is 26.3 Å². The van der Waals surface area contributed by atoms with E-state index in [0.717, 1.165) is 37.2 Å². The molecule has 152 valence electrons. The van der Waals surface area contributed by atoms with Crippen LogP contribution in [0.2, 0.25) is 0 Å². The molecule has 4 aliphatic rings. The number of hydrogen-bond acceptors (Lipinski definition) is 2. The van der Waals surface area contributed by atoms with Crippen molar-refractivity contribution in [2.45, 2.75) is 84.3 Å². The van der Waals surface area contributed by atoms with Crippen molar-refractivity contribution >= 4 is 5.78 Å². The number of ketones is 1. The molecule has 2 nitrogen and oxygen atoms in total. The van der Waals surface area contributed by atoms with Gasteiger partial charge in [0, 0.05) is 11.8 Å². The molecular formula is C26H36O2. The summed E-state index contributed by atoms with van der Waals surface area (Å²) >= 11 is 0. The van der Waals surface area contributed by atoms with Gasteiger partial charge >= 0.3 is 0 Å². The molecule has 5 rings (SSSR count). The van der Waals surface area contributed by atoms with Crippen LogP contribution in [-0.2, 0) is 16.1 Å². The number of rotatable bonds is 3. The summed E-state index contributed by atoms with van der Waals surface area (Å²) in [6.07, 6.45) is 11.3. The van der Waals surface area contributed by atoms with Crippen LogP contribution in [0.25, 0.3) is 0 Å². The van der Waals surface area contributed by atoms with E-state index in [2.05, 4.69) is 44.2 Å². The van der Waals surface area contributed by atoms with E-state index in [1.165, 1.54) is 50.5 Å². The summed E-state index contributed by atoms with van der Waals surface area (Å²) in [5, 5.41) is 0. The molecule has 0 N–H and O–H groups in total. The third-order valence-corrected chi connectivity index (χ3v) is 9.66. The van der Waals surface area contributed by atoms with Gasteiger partial charge in [0.15, 0.2) is 0 Å². The largest absolute Gasteiger partial charge is 0.374 e. The highest BCUT2D eigenvalue weighted by molar-refractivity contribution is 5.87. The number of carbonyl (C=O) groups excluding carboxylic acids is 1. The van der Waals surface area contributed by atoms with E-state index < -0.39 is 0 Å². The first-order valence-electron chi connectivity index (χ1n) is 11.7. The van der Waals surface area contributed by atoms with E-state index in [1.54, 1.807) is 0 Å². The molecular weight excluding hydrogens is 344 g/mol. The van der Waals surface area contributed by atoms with E-state index >= 15 is 0 Å². The molecule has 0 amide bonds. The molecule has 1 aromatic carbocycles. The zero-order valence-corrected chi connectivity index (χ0v) is 17.7. The summed E-state index contributed by atoms with van der Waals surface area (Å²) in [6.45, 7) is 5.65. The molecule has 1 aromatic rings. The van der Waals surface area contributed by atoms with Crippen molar-refractivity contribution < 1.29 is 9.53 Å². The zero-order chi connectivity index (χ0) is 19.4. The van der Waals surface area contributed by atoms with Crippen LogP contribution in [0, 0.1) is 34.5 Å². The Morgan fingerprint density at radius 2 is 1.79 bits per heavy atom. The van der Waals surface area contributed by atoms with Crippen molar-refractivity contribution in [3.63, 3.8) is 0 Å². The third kappa shape index (κ3) is 2.90. The van der Waals surface area contributed by atoms with Crippen LogP contribution in [0.15, 0.2) is 30.3 Å². The minimum Gasteiger partial charge on any atom is -0.374 e. The lowest BCUT2D eigenvalue weighted by molar-refractivity contribution is -0.145. The van der Waals surface area contributed by atoms with Gasteiger partial charge < -0.3 is 4.74 Å². The van der Waals surface area contributed by atoms with Gasteiger partial charge in [-0.05, 0) is 86.0 Å². The third-order valence-electron chi connectivity index (χ3n) is 9.66. The number of hydrogen-bond donors (Lipinski definition) is 0. The van der Waals surface area contributed by atoms with Gasteiger partial charge in [-0.1, -0.05) is 44.2 Å². The molecule has 0 aromatic heterocycles. The highest BCUT2D eigenvalue weighted by atomic mass is 16.5. The first-order valence-corrected chi connectivity index (χ1v) is 11.7. The number of ether oxygens (including phenoxy) is 1. The van der Waals surface area contributed by atoms with Gasteiger partial charge in [-0.15, -0.1) is 0 Å². The fourth-order valence-corrected chi connectivity index (χ4v) is 7.93. The Labute approximate surface area is 170 Å². The smallest absolute Gasteiger partial charge is 0.139 e. The van der Waals surface area contributed by atoms with Crippen molar-refractivity contribution in [1.29, 1.82) is 0 Å². The maximum atomic E-state index is 12.6. The average molecular weight is 381 g/mol. The summed E-state index contributed by atoms with van der Waals surface area (Å²) in [5.41, 5.74) is 1.78. The maximum absolute atomic E-state index is 12.6. The number of Topliss-reactive ketones (excluding diaryl/α,β-unsaturated/α-hetero) is 1. The number of benzene rings is 1. The molecule has 2 heteroatoms. The van der Waals surface area contributed by atoms with Gasteiger partial charge in [0.1, 0.15) is 5.78 Å². The molecule has 0 radical (unpaired) electrons. The highest BCUT2D eigenvalue weighted by Gasteiger charge is 2.60. The first-order chi connectivity index (χ1) is 13.5. The number of fused-ring (bicyclic) bond motifs is 5. The van der Waals surface area contributed by atoms with Gasteiger partial charge in [0.2, 0.25) is 0 Å². The predicted octanol–water partition coefficient (Wildman–Crippen LogP) is 6.18. The van der Waals surface area contributed by atoms with Crippen LogP contribution >= 0.6 is 0 Å². The standard InChI is InChI=1S/C26H36O2/c1-25-14-12-20(28-17-18-6-4-3-5-7-18)16-19(25)8-9-21-22-10-11-24(27)26(22,2)15-13-23(21)25/h3-7,19-23H,8-17H2,1-2H3/t19-,20+,21+,22+,23-,25-,26-/m0/s1. The lowest BCUT2D eigenvalue weighted by Gasteiger charge is -2.60. The first kappa shape index (κ1) is 18.9. The Balaban J connectivity index is 1.27. The van der Waals surface area contributed by atoms with Crippen molar-refractivity contribution in [1.82, 2.24) is 0 Å². The lowest BCUT2D eigenvalue weighted by Crippen LogP contribution is -2.54. The molecule has 7 atom stereocenters. The Morgan fingerprint density at radius 1 is 0.964 bits per heavy atom. The van der Waals surface area contributed by atoms with Crippen molar-refractivity contribution in [3.05, 3.63) is 35.9 Å². The van der Waals surface area contributed by atoms with E-state index in [4.69, 9.17) is 4.74 Å². The minimum absolute atomic E-state index is 0.0142. The fourth-order valence-electron chi connectivity index (χ4n) is 7.93. The van der Waals surface area contributed by atoms with Gasteiger partial charge in [0.25, 0.3) is 0 Å². The second-order valence-electron chi connectivity index (χ2n) is 10.8. The van der Waals surface area contributed by atoms with Crippen molar-refractivity contribution in [2.24, 2.45) is 34.5 Å². The van der Waals surface area contributed by atoms with E-state index in [-0.39, 0.29) is 5.41 Å². The molecule has 0 aliphatic heterocycles. The van der Waals surface area contributed by atoms with Crippen LogP contribution in [0.5, 0.6) is 0 Å². The summed E-state index contributed by atoms with van der Waals surface area (Å²) < 4.78 is 6.35. The van der Waals surface area contributed by atoms with E-state index in [9.17, 15) is 4.79 Å². The van der Waals surface area contributed by atoms with Gasteiger partial charge in [-0.25, -0.2) is 0 Å². The van der Waals surface area contributed by atoms with Crippen LogP contribution < -0.4 is 0 Å². The molecule has 0 heterocycles. The molecule has 28 heavy (non-hydrogen) atoms. The molecule has 0 spiro atoms. The Kier molecular flexibility index (Phi) is 4.69. The summed E-state index contributed by atoms with van der Waals surface area (Å²) in [4.78, 5) is 12.6. The Hall–Kier alpha value is -1.15. The molecule has 4 saturated carbocycles. The normalized spacial score (nSPS) is 45.2. The SMILES string of the molecule is C[C@]12CC[C@@H](OCc3ccccc3)C[C@@H]1CC[C@@H]1[C@H]3CCC(=O)[C@@]3(C)CC[C@@H]12. The lowest BCUT2D eigenvalue weighted by atomic mass is 9.45. The summed E-state index contributed by atoms with van der Waals surface area (Å²) in [6, 6.07) is 10.6. The Bertz CT molecular complexity index is 727. The van der Waals surface area contributed by atoms with Gasteiger partial charge in [-0.2, -0.15) is 0 Å². The fraction of sp³-hybridized carbons (Fsp3) is 0.731. The van der Waals surface area contributed by atoms with Crippen LogP contribution in [0.4, 0.5) is 0 Å². The van der Waals surface area contributed by atoms with Gasteiger partial charge in [0.05, 0.1) is 12.7 Å². The van der Waals surface area contributed by atoms with E-state index in [0.29, 0.717) is 23.2 Å². The predicted molar refractivity (Wildman–Crippen MR) is 112 cm³/mol. The Morgan fingerprint density at radius 3 is 2.61 bits per heavy atom. The van der Waals surface area contributed by atoms with Crippen LogP contribution in [0.1, 0.15) is 77.2 Å². The maximum Gasteiger partial charge on any atom is 0.139 e. The zero-order valence-electron chi connectivity index (χ0n) is 17.7. The van der Waals surface area contributed by atoms with Crippen LogP contribution in [-0.4, -0.2) is 11.9 Å².